The van der Waals surface area contributed by atoms with Crippen molar-refractivity contribution < 1.29 is 42.9 Å². The summed E-state index contributed by atoms with van der Waals surface area (Å²) in [5, 5.41) is 17.8. The van der Waals surface area contributed by atoms with Gasteiger partial charge in [-0.2, -0.15) is 0 Å². The van der Waals surface area contributed by atoms with Gasteiger partial charge in [-0.15, -0.1) is 0 Å². The van der Waals surface area contributed by atoms with Crippen LogP contribution in [0.2, 0.25) is 0 Å². The highest BCUT2D eigenvalue weighted by Crippen LogP contribution is 2.33. The maximum Gasteiger partial charge on any atom is 0.243 e. The van der Waals surface area contributed by atoms with Crippen molar-refractivity contribution in [3.05, 3.63) is 29.8 Å². The van der Waals surface area contributed by atoms with Crippen molar-refractivity contribution in [1.82, 2.24) is 15.7 Å². The van der Waals surface area contributed by atoms with Gasteiger partial charge in [0.15, 0.2) is 6.29 Å². The Bertz CT molecular complexity index is 938. The zero-order valence-corrected chi connectivity index (χ0v) is 22.3. The third-order valence-electron chi connectivity index (χ3n) is 5.90. The van der Waals surface area contributed by atoms with Crippen LogP contribution in [0.5, 0.6) is 5.75 Å². The molecule has 1 aliphatic heterocycles. The number of benzene rings is 1. The molecule has 0 radical (unpaired) electrons. The number of ether oxygens (including phenoxy) is 2. The van der Waals surface area contributed by atoms with Crippen LogP contribution in [0.25, 0.3) is 0 Å². The number of nitrogens with one attached hydrogen (secondary N) is 3. The number of aliphatic carboxylic acids is 1. The highest BCUT2D eigenvalue weighted by molar-refractivity contribution is 7.49. The molecule has 0 bridgehead atoms. The summed E-state index contributed by atoms with van der Waals surface area (Å²) in [4.78, 5) is 48.9. The third kappa shape index (κ3) is 10.8. The molecule has 0 aromatic heterocycles. The summed E-state index contributed by atoms with van der Waals surface area (Å²) in [5.74, 6) is -2.83. The van der Waals surface area contributed by atoms with Gasteiger partial charge < -0.3 is 39.4 Å². The van der Waals surface area contributed by atoms with Crippen LogP contribution in [0, 0.1) is 5.92 Å². The van der Waals surface area contributed by atoms with Gasteiger partial charge in [0.05, 0.1) is 31.8 Å². The highest BCUT2D eigenvalue weighted by atomic mass is 31.2. The predicted octanol–water partition coefficient (Wildman–Crippen LogP) is -0.00540. The lowest BCUT2D eigenvalue weighted by molar-refractivity contribution is -0.304. The molecule has 1 heterocycles. The molecule has 1 fully saturated rings. The molecule has 1 aromatic carbocycles. The van der Waals surface area contributed by atoms with Gasteiger partial charge in [0.2, 0.25) is 19.6 Å². The van der Waals surface area contributed by atoms with Crippen LogP contribution in [0.4, 0.5) is 0 Å². The van der Waals surface area contributed by atoms with Crippen LogP contribution in [0.15, 0.2) is 24.3 Å². The van der Waals surface area contributed by atoms with Gasteiger partial charge in [-0.25, -0.2) is 5.09 Å². The summed E-state index contributed by atoms with van der Waals surface area (Å²) in [7, 11) is -4.52. The fourth-order valence-electron chi connectivity index (χ4n) is 3.71. The molecule has 12 nitrogen and oxygen atoms in total. The van der Waals surface area contributed by atoms with Crippen LogP contribution in [-0.2, 0) is 34.6 Å². The fourth-order valence-corrected chi connectivity index (χ4v) is 4.83. The normalized spacial score (nSPS) is 19.6. The summed E-state index contributed by atoms with van der Waals surface area (Å²) in [6.45, 7) is 4.76. The number of carbonyl (C=O) groups is 3. The van der Waals surface area contributed by atoms with E-state index < -0.39 is 50.1 Å². The van der Waals surface area contributed by atoms with E-state index in [0.717, 1.165) is 19.3 Å². The van der Waals surface area contributed by atoms with Crippen molar-refractivity contribution in [3.63, 3.8) is 0 Å². The summed E-state index contributed by atoms with van der Waals surface area (Å²) >= 11 is 0. The Morgan fingerprint density at radius 3 is 2.43 bits per heavy atom. The molecule has 3 unspecified atom stereocenters. The van der Waals surface area contributed by atoms with Crippen molar-refractivity contribution in [2.75, 3.05) is 19.8 Å². The molecule has 37 heavy (non-hydrogen) atoms. The van der Waals surface area contributed by atoms with Gasteiger partial charge in [-0.3, -0.25) is 14.2 Å². The fraction of sp³-hybridized carbons (Fsp3) is 0.625. The maximum absolute atomic E-state index is 13.1. The van der Waals surface area contributed by atoms with Crippen LogP contribution in [-0.4, -0.2) is 55.9 Å². The van der Waals surface area contributed by atoms with E-state index in [0.29, 0.717) is 24.3 Å². The molecule has 1 aromatic rings. The van der Waals surface area contributed by atoms with Crippen LogP contribution in [0.1, 0.15) is 52.0 Å². The van der Waals surface area contributed by atoms with E-state index in [1.165, 1.54) is 6.92 Å². The molecule has 2 amide bonds. The second-order valence-electron chi connectivity index (χ2n) is 8.82. The van der Waals surface area contributed by atoms with Crippen molar-refractivity contribution in [2.24, 2.45) is 5.92 Å². The molecule has 208 valence electrons. The van der Waals surface area contributed by atoms with Gasteiger partial charge in [0, 0.05) is 12.8 Å². The van der Waals surface area contributed by atoms with E-state index in [4.69, 9.17) is 14.0 Å². The second kappa shape index (κ2) is 15.0. The Labute approximate surface area is 217 Å². The zero-order chi connectivity index (χ0) is 27.4. The number of rotatable bonds is 15. The van der Waals surface area contributed by atoms with Gasteiger partial charge in [0.25, 0.3) is 0 Å². The molecule has 0 spiro atoms. The van der Waals surface area contributed by atoms with Crippen molar-refractivity contribution in [2.45, 2.75) is 71.2 Å². The number of carbonyl (C=O) groups excluding carboxylic acids is 3. The molecule has 3 N–H and O–H groups in total. The van der Waals surface area contributed by atoms with E-state index in [1.54, 1.807) is 38.1 Å². The molecule has 2 rings (SSSR count). The van der Waals surface area contributed by atoms with Crippen LogP contribution < -0.4 is 30.5 Å². The van der Waals surface area contributed by atoms with Crippen molar-refractivity contribution >= 4 is 25.5 Å². The lowest BCUT2D eigenvalue weighted by Gasteiger charge is -2.32. The molecular formula is C24H36N3O9P-2. The van der Waals surface area contributed by atoms with E-state index in [9.17, 15) is 28.9 Å². The summed E-state index contributed by atoms with van der Waals surface area (Å²) in [6.07, 6.45) is 2.96. The Kier molecular flexibility index (Phi) is 12.5. The van der Waals surface area contributed by atoms with Gasteiger partial charge >= 0.3 is 0 Å². The van der Waals surface area contributed by atoms with Crippen molar-refractivity contribution in [1.29, 1.82) is 0 Å². The van der Waals surface area contributed by atoms with Gasteiger partial charge in [0.1, 0.15) is 11.8 Å². The number of hydrogen-bond donors (Lipinski definition) is 3. The van der Waals surface area contributed by atoms with E-state index >= 15 is 0 Å². The largest absolute Gasteiger partial charge is 0.766 e. The first-order chi connectivity index (χ1) is 17.5. The van der Waals surface area contributed by atoms with E-state index in [2.05, 4.69) is 15.7 Å². The number of hydrogen-bond acceptors (Lipinski definition) is 9. The summed E-state index contributed by atoms with van der Waals surface area (Å²) in [5.41, 5.74) is 0.655. The minimum absolute atomic E-state index is 0.0125. The summed E-state index contributed by atoms with van der Waals surface area (Å²) < 4.78 is 28.3. The van der Waals surface area contributed by atoms with Crippen LogP contribution >= 0.6 is 7.75 Å². The zero-order valence-electron chi connectivity index (χ0n) is 21.4. The SMILES string of the molecule is CCOP(=O)([O-])N[C@H](C(=O)NC(Cc1ccc(OC2CCCCO2)cc1)C(=O)NCC(=O)[O-])[C@@H](C)CC. The first-order valence-electron chi connectivity index (χ1n) is 12.4. The third-order valence-corrected chi connectivity index (χ3v) is 7.09. The monoisotopic (exact) mass is 541 g/mol. The minimum Gasteiger partial charge on any atom is -0.766 e. The summed E-state index contributed by atoms with van der Waals surface area (Å²) in [6, 6.07) is 4.47. The standard InChI is InChI=1S/C24H38N3O9P/c1-4-16(3)22(27-37(32,33)35-5-2)24(31)26-19(23(30)25-15-20(28)29)14-17-9-11-18(12-10-17)36-21-8-6-7-13-34-21/h9-12,16,19,21-22H,4-8,13-15H2,1-3H3,(H,25,30)(H,26,31)(H,28,29)(H2,27,32,33)/p-2/t16-,19?,21?,22-/m0/s1. The minimum atomic E-state index is -4.52. The average molecular weight is 542 g/mol. The topological polar surface area (TPSA) is 178 Å². The smallest absolute Gasteiger partial charge is 0.243 e. The average Bonchev–Trinajstić information content (AvgIpc) is 2.86. The Balaban J connectivity index is 2.16. The highest BCUT2D eigenvalue weighted by Gasteiger charge is 2.31. The molecule has 1 saturated heterocycles. The lowest BCUT2D eigenvalue weighted by atomic mass is 9.98. The quantitative estimate of drug-likeness (QED) is 0.256. The Morgan fingerprint density at radius 2 is 1.86 bits per heavy atom. The lowest BCUT2D eigenvalue weighted by Crippen LogP contribution is -2.56. The molecule has 1 aliphatic rings. The predicted molar refractivity (Wildman–Crippen MR) is 130 cm³/mol. The van der Waals surface area contributed by atoms with E-state index in [1.807, 2.05) is 0 Å². The Hall–Kier alpha value is -2.50. The van der Waals surface area contributed by atoms with E-state index in [-0.39, 0.29) is 19.3 Å². The first-order valence-corrected chi connectivity index (χ1v) is 14.0. The maximum atomic E-state index is 13.1. The first kappa shape index (κ1) is 30.7. The number of amides is 2. The molecule has 5 atom stereocenters. The molecular weight excluding hydrogens is 505 g/mol. The number of carboxylic acid groups (broad SMARTS) is 1. The van der Waals surface area contributed by atoms with Crippen molar-refractivity contribution in [3.8, 4) is 5.75 Å². The van der Waals surface area contributed by atoms with Gasteiger partial charge in [-0.1, -0.05) is 32.4 Å². The molecule has 0 saturated carbocycles. The second-order valence-corrected chi connectivity index (χ2v) is 10.3. The van der Waals surface area contributed by atoms with Crippen LogP contribution in [0.3, 0.4) is 0 Å². The molecule has 13 heteroatoms. The van der Waals surface area contributed by atoms with Gasteiger partial charge in [-0.05, 0) is 43.4 Å². The Morgan fingerprint density at radius 1 is 1.16 bits per heavy atom. The number of carboxylic acids is 1. The molecule has 0 aliphatic carbocycles.